The summed E-state index contributed by atoms with van der Waals surface area (Å²) in [6, 6.07) is 0. The van der Waals surface area contributed by atoms with Gasteiger partial charge in [-0.25, -0.2) is 9.59 Å². The van der Waals surface area contributed by atoms with Gasteiger partial charge in [0.05, 0.1) is 0 Å². The van der Waals surface area contributed by atoms with Crippen LogP contribution < -0.4 is 0 Å². The largest absolute Gasteiger partial charge is 0.478 e. The Morgan fingerprint density at radius 3 is 1.80 bits per heavy atom. The minimum atomic E-state index is -0.935. The minimum absolute atomic E-state index is 0.176. The lowest BCUT2D eigenvalue weighted by atomic mass is 10.2. The molecule has 0 aromatic carbocycles. The number of carboxylic acids is 2. The third-order valence-corrected chi connectivity index (χ3v) is 1.32. The van der Waals surface area contributed by atoms with Crippen LogP contribution in [0, 0.1) is 0 Å². The van der Waals surface area contributed by atoms with Crippen LogP contribution in [0.5, 0.6) is 0 Å². The van der Waals surface area contributed by atoms with Crippen molar-refractivity contribution in [2.24, 2.45) is 0 Å². The number of aliphatic carboxylic acids is 2. The van der Waals surface area contributed by atoms with Crippen LogP contribution >= 0.6 is 0 Å². The SMILES string of the molecule is C=C(C)C(=O)O.C=CCCC(=C)C(=O)O. The highest BCUT2D eigenvalue weighted by atomic mass is 16.4. The predicted octanol–water partition coefficient (Wildman–Crippen LogP) is 2.24. The molecule has 0 radical (unpaired) electrons. The molecule has 4 nitrogen and oxygen atoms in total. The van der Waals surface area contributed by atoms with E-state index in [-0.39, 0.29) is 11.1 Å². The van der Waals surface area contributed by atoms with Crippen LogP contribution in [0.2, 0.25) is 0 Å². The first-order valence-electron chi connectivity index (χ1n) is 4.23. The summed E-state index contributed by atoms with van der Waals surface area (Å²) in [4.78, 5) is 19.7. The van der Waals surface area contributed by atoms with Gasteiger partial charge in [0.1, 0.15) is 0 Å². The second kappa shape index (κ2) is 8.74. The van der Waals surface area contributed by atoms with Crippen molar-refractivity contribution in [3.63, 3.8) is 0 Å². The fourth-order valence-electron chi connectivity index (χ4n) is 0.383. The lowest BCUT2D eigenvalue weighted by Gasteiger charge is -1.93. The molecule has 0 aliphatic heterocycles. The minimum Gasteiger partial charge on any atom is -0.478 e. The monoisotopic (exact) mass is 212 g/mol. The van der Waals surface area contributed by atoms with Gasteiger partial charge >= 0.3 is 11.9 Å². The fourth-order valence-corrected chi connectivity index (χ4v) is 0.383. The Morgan fingerprint density at radius 1 is 1.20 bits per heavy atom. The average Bonchev–Trinajstić information content (AvgIpc) is 2.14. The molecule has 0 amide bonds. The number of allylic oxidation sites excluding steroid dienone is 1. The second-order valence-corrected chi connectivity index (χ2v) is 2.82. The molecule has 0 aromatic rings. The van der Waals surface area contributed by atoms with E-state index in [1.807, 2.05) is 0 Å². The van der Waals surface area contributed by atoms with Gasteiger partial charge < -0.3 is 10.2 Å². The fraction of sp³-hybridized carbons (Fsp3) is 0.273. The molecule has 84 valence electrons. The first-order chi connectivity index (χ1) is 6.82. The smallest absolute Gasteiger partial charge is 0.330 e. The lowest BCUT2D eigenvalue weighted by molar-refractivity contribution is -0.133. The van der Waals surface area contributed by atoms with Gasteiger partial charge in [0.2, 0.25) is 0 Å². The van der Waals surface area contributed by atoms with Crippen LogP contribution in [-0.2, 0) is 9.59 Å². The molecule has 0 rings (SSSR count). The standard InChI is InChI=1S/C7H10O2.C4H6O2/c1-3-4-5-6(2)7(8)9;1-3(2)4(5)6/h3H,1-2,4-5H2,(H,8,9);1H2,2H3,(H,5,6). The summed E-state index contributed by atoms with van der Waals surface area (Å²) in [5.74, 6) is -1.85. The molecule has 0 unspecified atom stereocenters. The Morgan fingerprint density at radius 2 is 1.60 bits per heavy atom. The van der Waals surface area contributed by atoms with Gasteiger partial charge in [-0.1, -0.05) is 19.2 Å². The Hall–Kier alpha value is -1.84. The van der Waals surface area contributed by atoms with Crippen molar-refractivity contribution in [3.8, 4) is 0 Å². The van der Waals surface area contributed by atoms with Crippen molar-refractivity contribution < 1.29 is 19.8 Å². The molecule has 0 spiro atoms. The predicted molar refractivity (Wildman–Crippen MR) is 58.7 cm³/mol. The Bertz CT molecular complexity index is 264. The van der Waals surface area contributed by atoms with Crippen molar-refractivity contribution in [2.75, 3.05) is 0 Å². The van der Waals surface area contributed by atoms with Gasteiger partial charge in [-0.2, -0.15) is 0 Å². The van der Waals surface area contributed by atoms with Gasteiger partial charge in [0, 0.05) is 11.1 Å². The van der Waals surface area contributed by atoms with Crippen LogP contribution in [0.1, 0.15) is 19.8 Å². The quantitative estimate of drug-likeness (QED) is 0.541. The van der Waals surface area contributed by atoms with Crippen molar-refractivity contribution in [3.05, 3.63) is 37.0 Å². The molecular formula is C11H16O4. The summed E-state index contributed by atoms with van der Waals surface area (Å²) in [5.41, 5.74) is 0.421. The van der Waals surface area contributed by atoms with Gasteiger partial charge in [-0.15, -0.1) is 6.58 Å². The van der Waals surface area contributed by atoms with E-state index in [9.17, 15) is 9.59 Å². The average molecular weight is 212 g/mol. The van der Waals surface area contributed by atoms with Crippen LogP contribution in [0.4, 0.5) is 0 Å². The van der Waals surface area contributed by atoms with Crippen LogP contribution in [-0.4, -0.2) is 22.2 Å². The van der Waals surface area contributed by atoms with Gasteiger partial charge in [0.25, 0.3) is 0 Å². The molecule has 0 fully saturated rings. The summed E-state index contributed by atoms with van der Waals surface area (Å²) in [7, 11) is 0. The van der Waals surface area contributed by atoms with E-state index >= 15 is 0 Å². The van der Waals surface area contributed by atoms with Gasteiger partial charge in [-0.05, 0) is 19.8 Å². The molecule has 0 bridgehead atoms. The zero-order valence-electron chi connectivity index (χ0n) is 8.82. The van der Waals surface area contributed by atoms with Crippen molar-refractivity contribution in [2.45, 2.75) is 19.8 Å². The zero-order chi connectivity index (χ0) is 12.4. The second-order valence-electron chi connectivity index (χ2n) is 2.82. The normalized spacial score (nSPS) is 8.07. The zero-order valence-corrected chi connectivity index (χ0v) is 8.82. The highest BCUT2D eigenvalue weighted by molar-refractivity contribution is 5.85. The van der Waals surface area contributed by atoms with E-state index in [4.69, 9.17) is 10.2 Å². The summed E-state index contributed by atoms with van der Waals surface area (Å²) >= 11 is 0. The molecular weight excluding hydrogens is 196 g/mol. The lowest BCUT2D eigenvalue weighted by Crippen LogP contribution is -1.97. The van der Waals surface area contributed by atoms with Crippen molar-refractivity contribution in [1.82, 2.24) is 0 Å². The van der Waals surface area contributed by atoms with Crippen LogP contribution in [0.3, 0.4) is 0 Å². The Kier molecular flexibility index (Phi) is 9.11. The molecule has 0 aliphatic rings. The topological polar surface area (TPSA) is 74.6 Å². The summed E-state index contributed by atoms with van der Waals surface area (Å²) in [6.45, 7) is 11.4. The maximum Gasteiger partial charge on any atom is 0.330 e. The molecule has 15 heavy (non-hydrogen) atoms. The van der Waals surface area contributed by atoms with Gasteiger partial charge in [-0.3, -0.25) is 0 Å². The summed E-state index contributed by atoms with van der Waals surface area (Å²) < 4.78 is 0. The molecule has 0 aliphatic carbocycles. The van der Waals surface area contributed by atoms with E-state index in [0.717, 1.165) is 0 Å². The molecule has 0 saturated carbocycles. The molecule has 0 aromatic heterocycles. The Balaban J connectivity index is 0. The van der Waals surface area contributed by atoms with Crippen LogP contribution in [0.15, 0.2) is 37.0 Å². The van der Waals surface area contributed by atoms with E-state index in [0.29, 0.717) is 12.8 Å². The number of hydrogen-bond acceptors (Lipinski definition) is 2. The van der Waals surface area contributed by atoms with E-state index in [1.54, 1.807) is 6.08 Å². The van der Waals surface area contributed by atoms with Crippen LogP contribution in [0.25, 0.3) is 0 Å². The molecule has 0 atom stereocenters. The number of carboxylic acid groups (broad SMARTS) is 2. The maximum atomic E-state index is 10.1. The van der Waals surface area contributed by atoms with Gasteiger partial charge in [0.15, 0.2) is 0 Å². The maximum absolute atomic E-state index is 10.1. The molecule has 4 heteroatoms. The first-order valence-corrected chi connectivity index (χ1v) is 4.23. The molecule has 0 saturated heterocycles. The van der Waals surface area contributed by atoms with Crippen molar-refractivity contribution in [1.29, 1.82) is 0 Å². The first kappa shape index (κ1) is 15.6. The van der Waals surface area contributed by atoms with E-state index in [2.05, 4.69) is 19.7 Å². The van der Waals surface area contributed by atoms with Crippen molar-refractivity contribution >= 4 is 11.9 Å². The number of rotatable bonds is 5. The summed E-state index contributed by atoms with van der Waals surface area (Å²) in [5, 5.41) is 16.2. The third kappa shape index (κ3) is 12.2. The van der Waals surface area contributed by atoms with E-state index < -0.39 is 11.9 Å². The van der Waals surface area contributed by atoms with E-state index in [1.165, 1.54) is 6.92 Å². The number of hydrogen-bond donors (Lipinski definition) is 2. The summed E-state index contributed by atoms with van der Waals surface area (Å²) in [6.07, 6.45) is 2.86. The molecule has 0 heterocycles. The molecule has 2 N–H and O–H groups in total. The third-order valence-electron chi connectivity index (χ3n) is 1.32. The highest BCUT2D eigenvalue weighted by Gasteiger charge is 1.99. The highest BCUT2D eigenvalue weighted by Crippen LogP contribution is 2.01. The number of carbonyl (C=O) groups is 2. The Labute approximate surface area is 89.2 Å².